The van der Waals surface area contributed by atoms with Gasteiger partial charge < -0.3 is 19.8 Å². The average Bonchev–Trinajstić information content (AvgIpc) is 2.89. The minimum Gasteiger partial charge on any atom is -0.497 e. The van der Waals surface area contributed by atoms with E-state index in [2.05, 4.69) is 10.3 Å². The predicted molar refractivity (Wildman–Crippen MR) is 90.5 cm³/mol. The number of methoxy groups -OCH3 is 2. The first kappa shape index (κ1) is 15.0. The fourth-order valence-corrected chi connectivity index (χ4v) is 2.62. The Bertz CT molecular complexity index is 868. The van der Waals surface area contributed by atoms with Crippen molar-refractivity contribution in [2.24, 2.45) is 0 Å². The highest BCUT2D eigenvalue weighted by molar-refractivity contribution is 6.14. The summed E-state index contributed by atoms with van der Waals surface area (Å²) >= 11 is 0. The lowest BCUT2D eigenvalue weighted by molar-refractivity contribution is 0.102. The largest absolute Gasteiger partial charge is 0.497 e. The zero-order valence-corrected chi connectivity index (χ0v) is 13.3. The molecule has 3 rings (SSSR count). The molecule has 1 heterocycles. The van der Waals surface area contributed by atoms with E-state index in [4.69, 9.17) is 9.47 Å². The van der Waals surface area contributed by atoms with Crippen LogP contribution in [0.5, 0.6) is 11.5 Å². The Hall–Kier alpha value is -2.95. The maximum absolute atomic E-state index is 12.7. The Labute approximate surface area is 134 Å². The Balaban J connectivity index is 1.98. The number of hydrogen-bond donors (Lipinski definition) is 2. The number of hydrogen-bond acceptors (Lipinski definition) is 3. The van der Waals surface area contributed by atoms with Gasteiger partial charge in [0.2, 0.25) is 0 Å². The zero-order valence-electron chi connectivity index (χ0n) is 13.3. The number of carbonyl (C=O) groups is 1. The van der Waals surface area contributed by atoms with Crippen LogP contribution in [0, 0.1) is 6.92 Å². The van der Waals surface area contributed by atoms with Gasteiger partial charge >= 0.3 is 0 Å². The summed E-state index contributed by atoms with van der Waals surface area (Å²) in [4.78, 5) is 15.9. The molecule has 0 aliphatic heterocycles. The molecule has 5 heteroatoms. The van der Waals surface area contributed by atoms with E-state index in [1.54, 1.807) is 20.3 Å². The van der Waals surface area contributed by atoms with Gasteiger partial charge in [0, 0.05) is 28.4 Å². The van der Waals surface area contributed by atoms with Crippen LogP contribution >= 0.6 is 0 Å². The minimum atomic E-state index is -0.171. The first-order valence-corrected chi connectivity index (χ1v) is 7.24. The van der Waals surface area contributed by atoms with E-state index in [-0.39, 0.29) is 5.91 Å². The van der Waals surface area contributed by atoms with Crippen molar-refractivity contribution in [2.75, 3.05) is 19.5 Å². The standard InChI is InChI=1S/C18H18N2O3/c1-11-17(15-10-14(23-3)7-8-16(15)19-11)18(21)20-12-5-4-6-13(9-12)22-2/h4-10,19H,1-3H3,(H,20,21). The quantitative estimate of drug-likeness (QED) is 0.771. The Kier molecular flexibility index (Phi) is 3.93. The molecule has 23 heavy (non-hydrogen) atoms. The van der Waals surface area contributed by atoms with Gasteiger partial charge in [-0.05, 0) is 37.3 Å². The maximum atomic E-state index is 12.7. The predicted octanol–water partition coefficient (Wildman–Crippen LogP) is 3.75. The van der Waals surface area contributed by atoms with Crippen molar-refractivity contribution in [3.05, 3.63) is 53.7 Å². The van der Waals surface area contributed by atoms with Gasteiger partial charge in [-0.25, -0.2) is 0 Å². The summed E-state index contributed by atoms with van der Waals surface area (Å²) in [5.41, 5.74) is 3.01. The van der Waals surface area contributed by atoms with E-state index in [1.807, 2.05) is 43.3 Å². The number of ether oxygens (including phenoxy) is 2. The molecule has 3 aromatic rings. The van der Waals surface area contributed by atoms with Crippen molar-refractivity contribution in [2.45, 2.75) is 6.92 Å². The number of nitrogens with one attached hydrogen (secondary N) is 2. The Morgan fingerprint density at radius 2 is 1.78 bits per heavy atom. The second-order valence-corrected chi connectivity index (χ2v) is 5.22. The van der Waals surface area contributed by atoms with Crippen molar-refractivity contribution in [3.8, 4) is 11.5 Å². The molecular formula is C18H18N2O3. The number of amides is 1. The van der Waals surface area contributed by atoms with Gasteiger partial charge in [-0.2, -0.15) is 0 Å². The van der Waals surface area contributed by atoms with E-state index in [1.165, 1.54) is 0 Å². The molecular weight excluding hydrogens is 292 g/mol. The summed E-state index contributed by atoms with van der Waals surface area (Å²) in [7, 11) is 3.20. The van der Waals surface area contributed by atoms with Crippen LogP contribution in [0.1, 0.15) is 16.1 Å². The van der Waals surface area contributed by atoms with Crippen LogP contribution in [-0.2, 0) is 0 Å². The summed E-state index contributed by atoms with van der Waals surface area (Å²) in [6.07, 6.45) is 0. The first-order valence-electron chi connectivity index (χ1n) is 7.24. The number of benzene rings is 2. The van der Waals surface area contributed by atoms with Crippen LogP contribution in [0.15, 0.2) is 42.5 Å². The van der Waals surface area contributed by atoms with E-state index in [9.17, 15) is 4.79 Å². The highest BCUT2D eigenvalue weighted by Crippen LogP contribution is 2.27. The number of H-pyrrole nitrogens is 1. The second kappa shape index (κ2) is 6.04. The number of aryl methyl sites for hydroxylation is 1. The smallest absolute Gasteiger partial charge is 0.258 e. The minimum absolute atomic E-state index is 0.171. The lowest BCUT2D eigenvalue weighted by Crippen LogP contribution is -2.12. The van der Waals surface area contributed by atoms with Crippen LogP contribution in [0.4, 0.5) is 5.69 Å². The molecule has 2 N–H and O–H groups in total. The lowest BCUT2D eigenvalue weighted by Gasteiger charge is -2.07. The summed E-state index contributed by atoms with van der Waals surface area (Å²) in [5, 5.41) is 3.75. The Morgan fingerprint density at radius 1 is 1.04 bits per heavy atom. The molecule has 0 saturated carbocycles. The lowest BCUT2D eigenvalue weighted by atomic mass is 10.1. The van der Waals surface area contributed by atoms with Gasteiger partial charge in [-0.3, -0.25) is 4.79 Å². The normalized spacial score (nSPS) is 10.6. The third-order valence-corrected chi connectivity index (χ3v) is 3.75. The molecule has 1 aromatic heterocycles. The molecule has 5 nitrogen and oxygen atoms in total. The van der Waals surface area contributed by atoms with Gasteiger partial charge in [0.05, 0.1) is 19.8 Å². The van der Waals surface area contributed by atoms with E-state index < -0.39 is 0 Å². The topological polar surface area (TPSA) is 63.3 Å². The van der Waals surface area contributed by atoms with Crippen LogP contribution < -0.4 is 14.8 Å². The third kappa shape index (κ3) is 2.85. The molecule has 0 radical (unpaired) electrons. The molecule has 118 valence electrons. The molecule has 0 bridgehead atoms. The van der Waals surface area contributed by atoms with Crippen LogP contribution in [0.2, 0.25) is 0 Å². The number of carbonyl (C=O) groups excluding carboxylic acids is 1. The summed E-state index contributed by atoms with van der Waals surface area (Å²) in [6, 6.07) is 12.9. The molecule has 2 aromatic carbocycles. The maximum Gasteiger partial charge on any atom is 0.258 e. The van der Waals surface area contributed by atoms with E-state index >= 15 is 0 Å². The molecule has 0 atom stereocenters. The number of aromatic nitrogens is 1. The average molecular weight is 310 g/mol. The van der Waals surface area contributed by atoms with Gasteiger partial charge in [0.25, 0.3) is 5.91 Å². The molecule has 0 spiro atoms. The summed E-state index contributed by atoms with van der Waals surface area (Å²) in [5.74, 6) is 1.24. The second-order valence-electron chi connectivity index (χ2n) is 5.22. The van der Waals surface area contributed by atoms with Gasteiger partial charge in [-0.15, -0.1) is 0 Å². The van der Waals surface area contributed by atoms with Crippen LogP contribution in [0.25, 0.3) is 10.9 Å². The third-order valence-electron chi connectivity index (χ3n) is 3.75. The molecule has 0 saturated heterocycles. The van der Waals surface area contributed by atoms with Gasteiger partial charge in [-0.1, -0.05) is 6.07 Å². The van der Waals surface area contributed by atoms with E-state index in [0.717, 1.165) is 16.6 Å². The molecule has 1 amide bonds. The monoisotopic (exact) mass is 310 g/mol. The number of rotatable bonds is 4. The summed E-state index contributed by atoms with van der Waals surface area (Å²) in [6.45, 7) is 1.88. The zero-order chi connectivity index (χ0) is 16.4. The molecule has 0 fully saturated rings. The van der Waals surface area contributed by atoms with Crippen molar-refractivity contribution < 1.29 is 14.3 Å². The SMILES string of the molecule is COc1cccc(NC(=O)c2c(C)[nH]c3ccc(OC)cc23)c1. The van der Waals surface area contributed by atoms with E-state index in [0.29, 0.717) is 22.7 Å². The summed E-state index contributed by atoms with van der Waals surface area (Å²) < 4.78 is 10.4. The first-order chi connectivity index (χ1) is 11.1. The fraction of sp³-hybridized carbons (Fsp3) is 0.167. The Morgan fingerprint density at radius 3 is 2.52 bits per heavy atom. The fourth-order valence-electron chi connectivity index (χ4n) is 2.62. The number of aromatic amines is 1. The molecule has 0 aliphatic carbocycles. The molecule has 0 aliphatic rings. The van der Waals surface area contributed by atoms with Crippen molar-refractivity contribution >= 4 is 22.5 Å². The molecule has 0 unspecified atom stereocenters. The highest BCUT2D eigenvalue weighted by Gasteiger charge is 2.17. The van der Waals surface area contributed by atoms with Crippen molar-refractivity contribution in [1.29, 1.82) is 0 Å². The van der Waals surface area contributed by atoms with Gasteiger partial charge in [0.1, 0.15) is 11.5 Å². The highest BCUT2D eigenvalue weighted by atomic mass is 16.5. The van der Waals surface area contributed by atoms with Crippen molar-refractivity contribution in [1.82, 2.24) is 4.98 Å². The number of fused-ring (bicyclic) bond motifs is 1. The van der Waals surface area contributed by atoms with Crippen LogP contribution in [0.3, 0.4) is 0 Å². The van der Waals surface area contributed by atoms with Gasteiger partial charge in [0.15, 0.2) is 0 Å². The van der Waals surface area contributed by atoms with Crippen LogP contribution in [-0.4, -0.2) is 25.1 Å². The number of anilines is 1. The van der Waals surface area contributed by atoms with Crippen molar-refractivity contribution in [3.63, 3.8) is 0 Å².